The fraction of sp³-hybridized carbons (Fsp3) is 0.706. The van der Waals surface area contributed by atoms with Crippen molar-refractivity contribution in [2.75, 3.05) is 33.2 Å². The number of pyridine rings is 1. The lowest BCUT2D eigenvalue weighted by Crippen LogP contribution is -2.39. The molecule has 2 fully saturated rings. The van der Waals surface area contributed by atoms with E-state index in [2.05, 4.69) is 21.8 Å². The zero-order valence-electron chi connectivity index (χ0n) is 13.7. The van der Waals surface area contributed by atoms with Crippen LogP contribution in [0.4, 0.5) is 0 Å². The maximum Gasteiger partial charge on any atom is 0.141 e. The molecule has 2 N–H and O–H groups in total. The summed E-state index contributed by atoms with van der Waals surface area (Å²) in [6, 6.07) is 0. The van der Waals surface area contributed by atoms with Crippen LogP contribution in [0.5, 0.6) is 5.75 Å². The van der Waals surface area contributed by atoms with Crippen LogP contribution in [0.15, 0.2) is 6.20 Å². The van der Waals surface area contributed by atoms with E-state index in [9.17, 15) is 10.2 Å². The van der Waals surface area contributed by atoms with Gasteiger partial charge in [-0.15, -0.1) is 0 Å². The highest BCUT2D eigenvalue weighted by molar-refractivity contribution is 5.40. The molecule has 122 valence electrons. The van der Waals surface area contributed by atoms with Crippen molar-refractivity contribution in [3.05, 3.63) is 23.0 Å². The topological polar surface area (TPSA) is 59.8 Å². The Labute approximate surface area is 132 Å². The minimum absolute atomic E-state index is 0.0695. The number of rotatable bonds is 3. The number of aliphatic hydroxyl groups is 1. The summed E-state index contributed by atoms with van der Waals surface area (Å²) in [5, 5.41) is 19.8. The van der Waals surface area contributed by atoms with Crippen LogP contribution < -0.4 is 0 Å². The first-order chi connectivity index (χ1) is 10.5. The molecule has 5 nitrogen and oxygen atoms in total. The van der Waals surface area contributed by atoms with E-state index in [1.54, 1.807) is 6.20 Å². The minimum atomic E-state index is -0.0695. The molecule has 3 rings (SSSR count). The van der Waals surface area contributed by atoms with Crippen LogP contribution >= 0.6 is 0 Å². The predicted molar refractivity (Wildman–Crippen MR) is 85.6 cm³/mol. The second kappa shape index (κ2) is 6.14. The van der Waals surface area contributed by atoms with Gasteiger partial charge in [0.15, 0.2) is 0 Å². The second-order valence-corrected chi connectivity index (χ2v) is 7.12. The number of hydrogen-bond acceptors (Lipinski definition) is 5. The Balaban J connectivity index is 1.72. The first kappa shape index (κ1) is 15.7. The van der Waals surface area contributed by atoms with E-state index in [0.717, 1.165) is 24.2 Å². The number of aromatic hydroxyl groups is 1. The Morgan fingerprint density at radius 3 is 2.59 bits per heavy atom. The molecule has 3 heterocycles. The highest BCUT2D eigenvalue weighted by Crippen LogP contribution is 2.41. The molecule has 1 aromatic rings. The van der Waals surface area contributed by atoms with Crippen LogP contribution in [0.25, 0.3) is 0 Å². The summed E-state index contributed by atoms with van der Waals surface area (Å²) < 4.78 is 0. The summed E-state index contributed by atoms with van der Waals surface area (Å²) in [5.74, 6) is 0.246. The number of aliphatic hydroxyl groups excluding tert-OH is 1. The third kappa shape index (κ3) is 2.98. The standard InChI is InChI=1S/C17H27N3O2/c1-13-16(22)15(14(11-21)9-18-13)10-20-8-5-17(12-20)3-6-19(2)7-4-17/h9,21-22H,3-8,10-12H2,1-2H3. The lowest BCUT2D eigenvalue weighted by Gasteiger charge is -2.37. The van der Waals surface area contributed by atoms with Crippen molar-refractivity contribution in [3.8, 4) is 5.75 Å². The third-order valence-corrected chi connectivity index (χ3v) is 5.55. The maximum absolute atomic E-state index is 10.3. The molecule has 2 aliphatic heterocycles. The molecule has 0 amide bonds. The second-order valence-electron chi connectivity index (χ2n) is 7.12. The van der Waals surface area contributed by atoms with Crippen LogP contribution in [-0.2, 0) is 13.2 Å². The molecular formula is C17H27N3O2. The fourth-order valence-corrected chi connectivity index (χ4v) is 3.88. The van der Waals surface area contributed by atoms with Crippen molar-refractivity contribution in [3.63, 3.8) is 0 Å². The maximum atomic E-state index is 10.3. The lowest BCUT2D eigenvalue weighted by atomic mass is 9.78. The largest absolute Gasteiger partial charge is 0.506 e. The zero-order chi connectivity index (χ0) is 15.7. The van der Waals surface area contributed by atoms with E-state index >= 15 is 0 Å². The quantitative estimate of drug-likeness (QED) is 0.886. The van der Waals surface area contributed by atoms with Gasteiger partial charge in [0.05, 0.1) is 12.3 Å². The molecule has 0 bridgehead atoms. The summed E-state index contributed by atoms with van der Waals surface area (Å²) in [4.78, 5) is 8.98. The predicted octanol–water partition coefficient (Wildman–Crippen LogP) is 1.51. The Morgan fingerprint density at radius 2 is 1.91 bits per heavy atom. The Hall–Kier alpha value is -1.17. The first-order valence-electron chi connectivity index (χ1n) is 8.21. The van der Waals surface area contributed by atoms with Gasteiger partial charge in [-0.05, 0) is 58.3 Å². The van der Waals surface area contributed by atoms with Crippen molar-refractivity contribution in [2.24, 2.45) is 5.41 Å². The van der Waals surface area contributed by atoms with Crippen LogP contribution in [0.2, 0.25) is 0 Å². The molecule has 0 aliphatic carbocycles. The molecule has 2 saturated heterocycles. The van der Waals surface area contributed by atoms with Gasteiger partial charge in [-0.3, -0.25) is 9.88 Å². The highest BCUT2D eigenvalue weighted by Gasteiger charge is 2.40. The number of aromatic nitrogens is 1. The summed E-state index contributed by atoms with van der Waals surface area (Å²) >= 11 is 0. The number of hydrogen-bond donors (Lipinski definition) is 2. The van der Waals surface area contributed by atoms with Crippen LogP contribution in [0.3, 0.4) is 0 Å². The van der Waals surface area contributed by atoms with Gasteiger partial charge in [-0.25, -0.2) is 0 Å². The van der Waals surface area contributed by atoms with Gasteiger partial charge >= 0.3 is 0 Å². The monoisotopic (exact) mass is 305 g/mol. The minimum Gasteiger partial charge on any atom is -0.506 e. The average Bonchev–Trinajstić information content (AvgIpc) is 2.91. The lowest BCUT2D eigenvalue weighted by molar-refractivity contribution is 0.124. The first-order valence-corrected chi connectivity index (χ1v) is 8.21. The van der Waals surface area contributed by atoms with E-state index in [0.29, 0.717) is 17.7 Å². The van der Waals surface area contributed by atoms with E-state index in [4.69, 9.17) is 0 Å². The summed E-state index contributed by atoms with van der Waals surface area (Å²) in [6.45, 7) is 7.01. The average molecular weight is 305 g/mol. The number of aryl methyl sites for hydroxylation is 1. The number of nitrogens with zero attached hydrogens (tertiary/aromatic N) is 3. The van der Waals surface area contributed by atoms with Gasteiger partial charge < -0.3 is 15.1 Å². The van der Waals surface area contributed by atoms with Crippen LogP contribution in [0.1, 0.15) is 36.1 Å². The molecule has 22 heavy (non-hydrogen) atoms. The van der Waals surface area contributed by atoms with E-state index in [1.807, 2.05) is 6.92 Å². The normalized spacial score (nSPS) is 22.5. The van der Waals surface area contributed by atoms with Crippen molar-refractivity contribution >= 4 is 0 Å². The third-order valence-electron chi connectivity index (χ3n) is 5.55. The Kier molecular flexibility index (Phi) is 4.39. The van der Waals surface area contributed by atoms with Crippen molar-refractivity contribution < 1.29 is 10.2 Å². The molecule has 0 radical (unpaired) electrons. The molecule has 2 aliphatic rings. The van der Waals surface area contributed by atoms with Crippen LogP contribution in [0, 0.1) is 12.3 Å². The Morgan fingerprint density at radius 1 is 1.23 bits per heavy atom. The SMILES string of the molecule is Cc1ncc(CO)c(CN2CCC3(CCN(C)CC3)C2)c1O. The van der Waals surface area contributed by atoms with E-state index in [-0.39, 0.29) is 12.4 Å². The summed E-state index contributed by atoms with van der Waals surface area (Å²) in [6.07, 6.45) is 5.48. The molecule has 0 aromatic carbocycles. The van der Waals surface area contributed by atoms with Gasteiger partial charge in [0.25, 0.3) is 0 Å². The Bertz CT molecular complexity index is 539. The van der Waals surface area contributed by atoms with Gasteiger partial charge in [0.1, 0.15) is 5.75 Å². The summed E-state index contributed by atoms with van der Waals surface area (Å²) in [5.41, 5.74) is 2.69. The molecule has 0 saturated carbocycles. The van der Waals surface area contributed by atoms with Crippen molar-refractivity contribution in [1.29, 1.82) is 0 Å². The van der Waals surface area contributed by atoms with Gasteiger partial charge in [0, 0.05) is 30.4 Å². The van der Waals surface area contributed by atoms with Gasteiger partial charge in [-0.1, -0.05) is 0 Å². The molecule has 0 unspecified atom stereocenters. The molecule has 5 heteroatoms. The fourth-order valence-electron chi connectivity index (χ4n) is 3.88. The molecular weight excluding hydrogens is 278 g/mol. The zero-order valence-corrected chi connectivity index (χ0v) is 13.7. The molecule has 1 spiro atoms. The van der Waals surface area contributed by atoms with E-state index in [1.165, 1.54) is 32.4 Å². The number of piperidine rings is 1. The van der Waals surface area contributed by atoms with Gasteiger partial charge in [-0.2, -0.15) is 0 Å². The number of likely N-dealkylation sites (tertiary alicyclic amines) is 2. The van der Waals surface area contributed by atoms with Crippen molar-refractivity contribution in [2.45, 2.75) is 39.3 Å². The highest BCUT2D eigenvalue weighted by atomic mass is 16.3. The smallest absolute Gasteiger partial charge is 0.141 e. The van der Waals surface area contributed by atoms with Gasteiger partial charge in [0.2, 0.25) is 0 Å². The summed E-state index contributed by atoms with van der Waals surface area (Å²) in [7, 11) is 2.20. The molecule has 0 atom stereocenters. The van der Waals surface area contributed by atoms with E-state index < -0.39 is 0 Å². The van der Waals surface area contributed by atoms with Crippen LogP contribution in [-0.4, -0.2) is 58.2 Å². The molecule has 1 aromatic heterocycles. The van der Waals surface area contributed by atoms with Crippen molar-refractivity contribution in [1.82, 2.24) is 14.8 Å².